The van der Waals surface area contributed by atoms with Gasteiger partial charge in [-0.15, -0.1) is 0 Å². The molecule has 1 aromatic rings. The molecular formula is C42H68N8O18. The minimum Gasteiger partial charge on any atom is -0.394 e. The van der Waals surface area contributed by atoms with Crippen LogP contribution in [-0.2, 0) is 35.4 Å². The van der Waals surface area contributed by atoms with Gasteiger partial charge in [-0.3, -0.25) is 38.6 Å². The predicted molar refractivity (Wildman–Crippen MR) is 237 cm³/mol. The molecule has 384 valence electrons. The lowest BCUT2D eigenvalue weighted by atomic mass is 10.00. The zero-order valence-corrected chi connectivity index (χ0v) is 37.8. The smallest absolute Gasteiger partial charge is 0.312 e. The summed E-state index contributed by atoms with van der Waals surface area (Å²) in [6, 6.07) is 1.37. The number of hydrogen-bond donors (Lipinski definition) is 17. The van der Waals surface area contributed by atoms with Crippen LogP contribution in [0.2, 0.25) is 0 Å². The van der Waals surface area contributed by atoms with E-state index in [0.29, 0.717) is 16.2 Å². The fraction of sp³-hybridized carbons (Fsp3) is 0.643. The van der Waals surface area contributed by atoms with Crippen LogP contribution < -0.4 is 32.3 Å². The van der Waals surface area contributed by atoms with Crippen molar-refractivity contribution in [3.63, 3.8) is 0 Å². The summed E-state index contributed by atoms with van der Waals surface area (Å²) in [5, 5.41) is 123. The normalized spacial score (nSPS) is 17.6. The molecule has 0 radical (unpaired) electrons. The summed E-state index contributed by atoms with van der Waals surface area (Å²) in [6.45, 7) is -1.05. The molecule has 26 nitrogen and oxygen atoms in total. The maximum atomic E-state index is 14.0. The number of anilines is 1. The fourth-order valence-corrected chi connectivity index (χ4v) is 6.81. The standard InChI is InChI=1S/C42H68N8O18/c1-22(2)34(41(67)47-26(7-5-14-44-42(43)68)39(65)45-24-10-8-23(19-51)9-11-24)48-40(66)25(46-31(58)18-50-32(59)12-13-33(50)60)6-3-4-15-49(16-27(54)35(61)37(63)29(56)20-52)17-28(55)36(62)38(64)30(57)21-53/h8-13,22,25-30,34-38,51-57,61-64H,3-7,14-21H2,1-2H3,(H,45,65)(H,46,58)(H,47,67)(H,48,66)(H3,43,44,68)/t25-,26-,27-,28-,29+,30+,34-,35+,36+,37+,38+/m0/s1. The van der Waals surface area contributed by atoms with Gasteiger partial charge >= 0.3 is 6.03 Å². The van der Waals surface area contributed by atoms with Crippen LogP contribution in [0.3, 0.4) is 0 Å². The average molecular weight is 973 g/mol. The number of primary amides is 1. The first-order valence-corrected chi connectivity index (χ1v) is 21.9. The Bertz CT molecular complexity index is 1780. The van der Waals surface area contributed by atoms with E-state index in [2.05, 4.69) is 26.6 Å². The fourth-order valence-electron chi connectivity index (χ4n) is 6.81. The van der Waals surface area contributed by atoms with Gasteiger partial charge in [0.1, 0.15) is 61.3 Å². The van der Waals surface area contributed by atoms with Crippen molar-refractivity contribution in [2.24, 2.45) is 11.7 Å². The van der Waals surface area contributed by atoms with Crippen molar-refractivity contribution < 1.29 is 89.7 Å². The van der Waals surface area contributed by atoms with E-state index in [4.69, 9.17) is 5.73 Å². The summed E-state index contributed by atoms with van der Waals surface area (Å²) >= 11 is 0. The monoisotopic (exact) mass is 972 g/mol. The van der Waals surface area contributed by atoms with Gasteiger partial charge in [-0.1, -0.05) is 26.0 Å². The highest BCUT2D eigenvalue weighted by Gasteiger charge is 2.36. The molecule has 68 heavy (non-hydrogen) atoms. The lowest BCUT2D eigenvalue weighted by Gasteiger charge is -2.33. The highest BCUT2D eigenvalue weighted by atomic mass is 16.4. The number of aliphatic hydroxyl groups is 11. The number of unbranched alkanes of at least 4 members (excludes halogenated alkanes) is 1. The number of carbonyl (C=O) groups is 7. The number of nitrogens with one attached hydrogen (secondary N) is 5. The van der Waals surface area contributed by atoms with Crippen molar-refractivity contribution in [2.45, 2.75) is 120 Å². The minimum absolute atomic E-state index is 0.00774. The van der Waals surface area contributed by atoms with Gasteiger partial charge < -0.3 is 88.5 Å². The van der Waals surface area contributed by atoms with E-state index in [1.54, 1.807) is 26.0 Å². The minimum atomic E-state index is -2.05. The summed E-state index contributed by atoms with van der Waals surface area (Å²) in [5.74, 6) is -5.56. The third-order valence-electron chi connectivity index (χ3n) is 10.9. The van der Waals surface area contributed by atoms with Gasteiger partial charge in [0, 0.05) is 37.5 Å². The van der Waals surface area contributed by atoms with Crippen LogP contribution in [-0.4, -0.2) is 220 Å². The lowest BCUT2D eigenvalue weighted by Crippen LogP contribution is -2.58. The highest BCUT2D eigenvalue weighted by Crippen LogP contribution is 2.15. The number of nitrogens with zero attached hydrogens (tertiary/aromatic N) is 2. The molecule has 1 aliphatic rings. The van der Waals surface area contributed by atoms with Crippen LogP contribution in [0.1, 0.15) is 51.5 Å². The Hall–Kier alpha value is -5.23. The Morgan fingerprint density at radius 1 is 0.647 bits per heavy atom. The summed E-state index contributed by atoms with van der Waals surface area (Å²) in [6.07, 6.45) is -13.7. The molecular weight excluding hydrogens is 904 g/mol. The van der Waals surface area contributed by atoms with E-state index in [9.17, 15) is 89.7 Å². The van der Waals surface area contributed by atoms with Crippen LogP contribution in [0.4, 0.5) is 10.5 Å². The molecule has 1 aliphatic heterocycles. The van der Waals surface area contributed by atoms with Crippen LogP contribution in [0, 0.1) is 5.92 Å². The molecule has 1 aromatic carbocycles. The number of carbonyl (C=O) groups excluding carboxylic acids is 7. The Kier molecular flexibility index (Phi) is 25.6. The third kappa shape index (κ3) is 19.4. The Labute approximate surface area is 391 Å². The second-order valence-corrected chi connectivity index (χ2v) is 16.6. The second-order valence-electron chi connectivity index (χ2n) is 16.6. The van der Waals surface area contributed by atoms with Gasteiger partial charge in [-0.05, 0) is 62.3 Å². The zero-order chi connectivity index (χ0) is 51.2. The number of amides is 8. The van der Waals surface area contributed by atoms with Crippen molar-refractivity contribution in [2.75, 3.05) is 51.3 Å². The number of hydrogen-bond acceptors (Lipinski definition) is 19. The zero-order valence-electron chi connectivity index (χ0n) is 37.8. The maximum Gasteiger partial charge on any atom is 0.312 e. The summed E-state index contributed by atoms with van der Waals surface area (Å²) in [5.41, 5.74) is 6.06. The molecule has 8 amide bonds. The van der Waals surface area contributed by atoms with Crippen molar-refractivity contribution in [1.82, 2.24) is 31.1 Å². The number of benzene rings is 1. The number of nitrogens with two attached hydrogens (primary N) is 1. The Morgan fingerprint density at radius 2 is 1.15 bits per heavy atom. The molecule has 11 atom stereocenters. The number of imide groups is 1. The molecule has 0 aliphatic carbocycles. The predicted octanol–water partition coefficient (Wildman–Crippen LogP) is -7.05. The molecule has 0 fully saturated rings. The molecule has 0 aromatic heterocycles. The van der Waals surface area contributed by atoms with Crippen LogP contribution in [0.5, 0.6) is 0 Å². The van der Waals surface area contributed by atoms with Crippen LogP contribution in [0.15, 0.2) is 36.4 Å². The van der Waals surface area contributed by atoms with E-state index in [1.165, 1.54) is 17.0 Å². The van der Waals surface area contributed by atoms with E-state index < -0.39 is 147 Å². The van der Waals surface area contributed by atoms with Crippen LogP contribution in [0.25, 0.3) is 0 Å². The van der Waals surface area contributed by atoms with Gasteiger partial charge in [-0.25, -0.2) is 4.79 Å². The molecule has 1 heterocycles. The van der Waals surface area contributed by atoms with Crippen molar-refractivity contribution >= 4 is 47.2 Å². The molecule has 0 saturated heterocycles. The lowest BCUT2D eigenvalue weighted by molar-refractivity contribution is -0.141. The molecule has 2 rings (SSSR count). The number of rotatable bonds is 32. The second kappa shape index (κ2) is 29.6. The summed E-state index contributed by atoms with van der Waals surface area (Å²) < 4.78 is 0. The van der Waals surface area contributed by atoms with Gasteiger partial charge in [-0.2, -0.15) is 0 Å². The Balaban J connectivity index is 2.34. The first kappa shape index (κ1) is 58.9. The van der Waals surface area contributed by atoms with Gasteiger partial charge in [0.15, 0.2) is 0 Å². The maximum absolute atomic E-state index is 14.0. The molecule has 18 N–H and O–H groups in total. The first-order valence-electron chi connectivity index (χ1n) is 21.9. The molecule has 0 spiro atoms. The van der Waals surface area contributed by atoms with Crippen LogP contribution >= 0.6 is 0 Å². The Morgan fingerprint density at radius 3 is 1.63 bits per heavy atom. The van der Waals surface area contributed by atoms with Crippen molar-refractivity contribution in [1.29, 1.82) is 0 Å². The molecule has 0 bridgehead atoms. The molecule has 26 heteroatoms. The average Bonchev–Trinajstić information content (AvgIpc) is 3.62. The molecule has 0 unspecified atom stereocenters. The third-order valence-corrected chi connectivity index (χ3v) is 10.9. The summed E-state index contributed by atoms with van der Waals surface area (Å²) in [4.78, 5) is 92.2. The number of urea groups is 1. The van der Waals surface area contributed by atoms with Crippen molar-refractivity contribution in [3.8, 4) is 0 Å². The van der Waals surface area contributed by atoms with Gasteiger partial charge in [0.2, 0.25) is 23.6 Å². The van der Waals surface area contributed by atoms with E-state index in [1.807, 2.05) is 0 Å². The van der Waals surface area contributed by atoms with Crippen molar-refractivity contribution in [3.05, 3.63) is 42.0 Å². The largest absolute Gasteiger partial charge is 0.394 e. The van der Waals surface area contributed by atoms with E-state index in [-0.39, 0.29) is 51.8 Å². The quantitative estimate of drug-likeness (QED) is 0.0236. The summed E-state index contributed by atoms with van der Waals surface area (Å²) in [7, 11) is 0. The molecule has 0 saturated carbocycles. The SMILES string of the molecule is CC(C)[C@H](NC(=O)[C@H](CCCCN(C[C@H](O)[C@@H](O)[C@H](O)[C@H](O)CO)C[C@H](O)[C@@H](O)[C@H](O)[C@H](O)CO)NC(=O)CN1C(=O)C=CC1=O)C(=O)N[C@@H](CCCNC(N)=O)C(=O)Nc1ccc(CO)cc1. The highest BCUT2D eigenvalue weighted by molar-refractivity contribution is 6.14. The number of aliphatic hydroxyl groups excluding tert-OH is 11. The first-order chi connectivity index (χ1) is 32.0. The van der Waals surface area contributed by atoms with Gasteiger partial charge in [0.25, 0.3) is 11.8 Å². The van der Waals surface area contributed by atoms with E-state index in [0.717, 1.165) is 12.2 Å². The van der Waals surface area contributed by atoms with Gasteiger partial charge in [0.05, 0.1) is 32.0 Å². The topological polar surface area (TPSA) is 435 Å². The van der Waals surface area contributed by atoms with E-state index >= 15 is 0 Å².